The van der Waals surface area contributed by atoms with Crippen molar-refractivity contribution in [3.63, 3.8) is 0 Å². The van der Waals surface area contributed by atoms with Crippen LogP contribution >= 0.6 is 0 Å². The summed E-state index contributed by atoms with van der Waals surface area (Å²) in [7, 11) is 4.36. The van der Waals surface area contributed by atoms with Gasteiger partial charge in [0.1, 0.15) is 12.2 Å². The molecule has 4 rings (SSSR count). The van der Waals surface area contributed by atoms with Crippen molar-refractivity contribution in [2.24, 2.45) is 17.8 Å². The Balaban J connectivity index is 1.25. The molecular weight excluding hydrogens is 352 g/mol. The molecule has 0 radical (unpaired) electrons. The molecule has 3 aliphatic heterocycles. The maximum atomic E-state index is 9.13. The Kier molecular flexibility index (Phi) is 6.87. The Labute approximate surface area is 170 Å². The summed E-state index contributed by atoms with van der Waals surface area (Å²) in [5.74, 6) is 1.73. The Morgan fingerprint density at radius 1 is 1.14 bits per heavy atom. The average Bonchev–Trinajstić information content (AvgIpc) is 3.38. The second kappa shape index (κ2) is 9.38. The van der Waals surface area contributed by atoms with Crippen LogP contribution in [0.2, 0.25) is 0 Å². The van der Waals surface area contributed by atoms with E-state index in [4.69, 9.17) is 10.1 Å². The average molecular weight is 393 g/mol. The minimum atomic E-state index is 0.143. The number of rotatable bonds is 5. The van der Waals surface area contributed by atoms with Crippen LogP contribution in [0.15, 0.2) is 0 Å². The van der Waals surface area contributed by atoms with Gasteiger partial charge in [-0.3, -0.25) is 15.1 Å². The molecule has 3 heterocycles. The summed E-state index contributed by atoms with van der Waals surface area (Å²) in [5, 5.41) is 15.4. The lowest BCUT2D eigenvalue weighted by molar-refractivity contribution is -0.919. The van der Waals surface area contributed by atoms with E-state index in [0.29, 0.717) is 24.0 Å². The van der Waals surface area contributed by atoms with E-state index < -0.39 is 0 Å². The van der Waals surface area contributed by atoms with Gasteiger partial charge in [0.25, 0.3) is 0 Å². The maximum Gasteiger partial charge on any atom is 0.183 e. The maximum absolute atomic E-state index is 9.13. The molecule has 0 aromatic carbocycles. The number of piperidine rings is 1. The van der Waals surface area contributed by atoms with Crippen LogP contribution in [-0.2, 0) is 4.84 Å². The molecule has 28 heavy (non-hydrogen) atoms. The van der Waals surface area contributed by atoms with Crippen LogP contribution in [0.25, 0.3) is 0 Å². The minimum absolute atomic E-state index is 0.143. The van der Waals surface area contributed by atoms with Crippen molar-refractivity contribution in [3.8, 4) is 6.07 Å². The van der Waals surface area contributed by atoms with Gasteiger partial charge in [0, 0.05) is 37.0 Å². The molecule has 1 aliphatic carbocycles. The molecule has 0 aromatic rings. The molecule has 4 aliphatic rings. The van der Waals surface area contributed by atoms with Crippen molar-refractivity contribution in [2.45, 2.75) is 76.0 Å². The quantitative estimate of drug-likeness (QED) is 0.483. The fourth-order valence-corrected chi connectivity index (χ4v) is 5.97. The van der Waals surface area contributed by atoms with Crippen LogP contribution in [0.4, 0.5) is 0 Å². The smallest absolute Gasteiger partial charge is 0.183 e. The molecule has 0 aromatic heterocycles. The summed E-state index contributed by atoms with van der Waals surface area (Å²) < 4.78 is 0. The first-order chi connectivity index (χ1) is 13.6. The first kappa shape index (κ1) is 20.5. The molecule has 6 atom stereocenters. The lowest BCUT2D eigenvalue weighted by Crippen LogP contribution is -3.15. The van der Waals surface area contributed by atoms with Gasteiger partial charge in [-0.2, -0.15) is 10.7 Å². The van der Waals surface area contributed by atoms with Crippen molar-refractivity contribution in [1.29, 1.82) is 5.26 Å². The van der Waals surface area contributed by atoms with E-state index in [9.17, 15) is 0 Å². The van der Waals surface area contributed by atoms with Crippen LogP contribution in [0.1, 0.15) is 51.4 Å². The summed E-state index contributed by atoms with van der Waals surface area (Å²) in [4.78, 5) is 10.1. The van der Waals surface area contributed by atoms with Gasteiger partial charge in [0.15, 0.2) is 6.23 Å². The number of likely N-dealkylation sites (tertiary alicyclic amines) is 1. The van der Waals surface area contributed by atoms with Gasteiger partial charge < -0.3 is 10.2 Å². The third-order valence-corrected chi connectivity index (χ3v) is 7.83. The van der Waals surface area contributed by atoms with Crippen LogP contribution in [0, 0.1) is 29.1 Å². The Hall–Kier alpha value is -0.750. The standard InChI is InChI=1S/C21H38N6O/c1-26(2)19-10-9-17(13-23-19)20-24-21(28-25-20)18-4-3-11-27(18)14-16-7-5-15(12-22)6-8-16/h15-21,23-25H,3-11,13-14H2,1-2H3/p+2/t15?,16?,17?,18-,19?,20?,21?/m1/s1. The number of hydrogen-bond acceptors (Lipinski definition) is 5. The van der Waals surface area contributed by atoms with Gasteiger partial charge >= 0.3 is 0 Å². The van der Waals surface area contributed by atoms with Crippen LogP contribution in [0.5, 0.6) is 0 Å². The summed E-state index contributed by atoms with van der Waals surface area (Å²) >= 11 is 0. The lowest BCUT2D eigenvalue weighted by Gasteiger charge is -2.33. The van der Waals surface area contributed by atoms with E-state index in [0.717, 1.165) is 25.3 Å². The highest BCUT2D eigenvalue weighted by Gasteiger charge is 2.44. The van der Waals surface area contributed by atoms with Crippen molar-refractivity contribution >= 4 is 0 Å². The Morgan fingerprint density at radius 3 is 2.64 bits per heavy atom. The summed E-state index contributed by atoms with van der Waals surface area (Å²) in [6.45, 7) is 3.69. The van der Waals surface area contributed by atoms with Crippen molar-refractivity contribution in [2.75, 3.05) is 33.7 Å². The van der Waals surface area contributed by atoms with Gasteiger partial charge in [0.05, 0.1) is 31.9 Å². The van der Waals surface area contributed by atoms with Gasteiger partial charge in [-0.1, -0.05) is 0 Å². The zero-order chi connectivity index (χ0) is 19.5. The Bertz CT molecular complexity index is 536. The summed E-state index contributed by atoms with van der Waals surface area (Å²) in [6, 6.07) is 3.03. The van der Waals surface area contributed by atoms with E-state index in [-0.39, 0.29) is 12.4 Å². The van der Waals surface area contributed by atoms with Crippen LogP contribution in [-0.4, -0.2) is 63.2 Å². The zero-order valence-corrected chi connectivity index (χ0v) is 17.7. The summed E-state index contributed by atoms with van der Waals surface area (Å²) in [5.41, 5.74) is 3.34. The van der Waals surface area contributed by atoms with E-state index in [1.807, 2.05) is 0 Å². The molecule has 0 bridgehead atoms. The highest BCUT2D eigenvalue weighted by molar-refractivity contribution is 4.88. The fraction of sp³-hybridized carbons (Fsp3) is 0.952. The van der Waals surface area contributed by atoms with Crippen molar-refractivity contribution in [1.82, 2.24) is 15.7 Å². The topological polar surface area (TPSA) is 81.4 Å². The number of nitriles is 1. The van der Waals surface area contributed by atoms with Crippen LogP contribution in [0.3, 0.4) is 0 Å². The Morgan fingerprint density at radius 2 is 1.96 bits per heavy atom. The molecule has 5 N–H and O–H groups in total. The molecule has 4 fully saturated rings. The van der Waals surface area contributed by atoms with E-state index in [1.54, 1.807) is 4.90 Å². The van der Waals surface area contributed by atoms with Gasteiger partial charge in [-0.05, 0) is 46.2 Å². The summed E-state index contributed by atoms with van der Waals surface area (Å²) in [6.07, 6.45) is 10.8. The van der Waals surface area contributed by atoms with Gasteiger partial charge in [-0.15, -0.1) is 0 Å². The third kappa shape index (κ3) is 4.69. The third-order valence-electron chi connectivity index (χ3n) is 7.83. The highest BCUT2D eigenvalue weighted by atomic mass is 16.7. The second-order valence-corrected chi connectivity index (χ2v) is 9.85. The van der Waals surface area contributed by atoms with Crippen molar-refractivity contribution < 1.29 is 15.1 Å². The molecular formula is C21H40N6O+2. The lowest BCUT2D eigenvalue weighted by atomic mass is 9.82. The monoisotopic (exact) mass is 392 g/mol. The van der Waals surface area contributed by atoms with E-state index >= 15 is 0 Å². The molecule has 5 unspecified atom stereocenters. The normalized spacial score (nSPS) is 44.6. The van der Waals surface area contributed by atoms with E-state index in [2.05, 4.69) is 41.2 Å². The molecule has 158 valence electrons. The first-order valence-corrected chi connectivity index (χ1v) is 11.5. The number of hydrogen-bond donors (Lipinski definition) is 4. The predicted octanol–water partition coefficient (Wildman–Crippen LogP) is -0.999. The van der Waals surface area contributed by atoms with Crippen LogP contribution < -0.4 is 21.0 Å². The number of quaternary nitrogens is 2. The molecule has 7 heteroatoms. The predicted molar refractivity (Wildman–Crippen MR) is 107 cm³/mol. The SMILES string of the molecule is CN(C)C1CCC(C2NOC([C@H]3CCC[NH+]3CC3CCC(C#N)CC3)N2)C[NH2+]1. The molecule has 7 nitrogen and oxygen atoms in total. The second-order valence-electron chi connectivity index (χ2n) is 9.85. The van der Waals surface area contributed by atoms with E-state index in [1.165, 1.54) is 51.6 Å². The van der Waals surface area contributed by atoms with Crippen molar-refractivity contribution in [3.05, 3.63) is 0 Å². The first-order valence-electron chi connectivity index (χ1n) is 11.5. The fourth-order valence-electron chi connectivity index (χ4n) is 5.97. The van der Waals surface area contributed by atoms with Gasteiger partial charge in [-0.25, -0.2) is 0 Å². The number of nitrogens with zero attached hydrogens (tertiary/aromatic N) is 2. The molecule has 3 saturated heterocycles. The largest absolute Gasteiger partial charge is 0.331 e. The highest BCUT2D eigenvalue weighted by Crippen LogP contribution is 2.27. The number of hydroxylamine groups is 1. The number of nitrogens with two attached hydrogens (primary N) is 1. The molecule has 0 spiro atoms. The minimum Gasteiger partial charge on any atom is -0.331 e. The number of nitrogens with one attached hydrogen (secondary N) is 3. The zero-order valence-electron chi connectivity index (χ0n) is 17.7. The molecule has 0 amide bonds. The molecule has 1 saturated carbocycles. The van der Waals surface area contributed by atoms with Gasteiger partial charge in [0.2, 0.25) is 0 Å².